The molecule has 0 aliphatic carbocycles. The second-order valence-electron chi connectivity index (χ2n) is 3.81. The lowest BCUT2D eigenvalue weighted by Crippen LogP contribution is -2.26. The molecule has 0 rings (SSSR count). The van der Waals surface area contributed by atoms with Gasteiger partial charge in [-0.3, -0.25) is 0 Å². The Morgan fingerprint density at radius 3 is 2.33 bits per heavy atom. The Balaban J connectivity index is 3.15. The van der Waals surface area contributed by atoms with E-state index in [0.29, 0.717) is 26.4 Å². The van der Waals surface area contributed by atoms with Crippen molar-refractivity contribution in [3.8, 4) is 0 Å². The van der Waals surface area contributed by atoms with Gasteiger partial charge in [-0.2, -0.15) is 0 Å². The van der Waals surface area contributed by atoms with Crippen LogP contribution in [0.2, 0.25) is 0 Å². The summed E-state index contributed by atoms with van der Waals surface area (Å²) in [6.07, 6.45) is 1.15. The van der Waals surface area contributed by atoms with Crippen molar-refractivity contribution in [2.75, 3.05) is 33.0 Å². The van der Waals surface area contributed by atoms with E-state index in [1.807, 2.05) is 13.8 Å². The van der Waals surface area contributed by atoms with E-state index in [9.17, 15) is 0 Å². The minimum atomic E-state index is 0.0880. The Kier molecular flexibility index (Phi) is 10.3. The SMILES string of the molecule is CCCOCCOC(C)COCC(C)N. The van der Waals surface area contributed by atoms with Gasteiger partial charge in [-0.25, -0.2) is 0 Å². The summed E-state index contributed by atoms with van der Waals surface area (Å²) in [5.41, 5.74) is 5.55. The molecule has 0 aliphatic heterocycles. The molecule has 0 spiro atoms. The van der Waals surface area contributed by atoms with Gasteiger partial charge in [0.15, 0.2) is 0 Å². The molecule has 0 bridgehead atoms. The fraction of sp³-hybridized carbons (Fsp3) is 1.00. The van der Waals surface area contributed by atoms with E-state index in [1.54, 1.807) is 0 Å². The number of hydrogen-bond acceptors (Lipinski definition) is 4. The molecule has 2 N–H and O–H groups in total. The van der Waals surface area contributed by atoms with Gasteiger partial charge in [-0.05, 0) is 20.3 Å². The summed E-state index contributed by atoms with van der Waals surface area (Å²) in [4.78, 5) is 0. The van der Waals surface area contributed by atoms with Gasteiger partial charge in [0, 0.05) is 12.6 Å². The average Bonchev–Trinajstić information content (AvgIpc) is 2.17. The molecule has 0 saturated carbocycles. The van der Waals surface area contributed by atoms with Gasteiger partial charge in [0.2, 0.25) is 0 Å². The molecule has 0 fully saturated rings. The van der Waals surface area contributed by atoms with Crippen LogP contribution in [0.25, 0.3) is 0 Å². The Morgan fingerprint density at radius 2 is 1.73 bits per heavy atom. The van der Waals surface area contributed by atoms with E-state index in [2.05, 4.69) is 6.92 Å². The van der Waals surface area contributed by atoms with E-state index in [-0.39, 0.29) is 12.1 Å². The van der Waals surface area contributed by atoms with E-state index < -0.39 is 0 Å². The standard InChI is InChI=1S/C11H25NO3/c1-4-5-13-6-7-15-11(3)9-14-8-10(2)12/h10-11H,4-9,12H2,1-3H3. The third kappa shape index (κ3) is 11.8. The topological polar surface area (TPSA) is 53.7 Å². The maximum atomic E-state index is 5.55. The van der Waals surface area contributed by atoms with Gasteiger partial charge in [-0.15, -0.1) is 0 Å². The molecule has 0 aromatic heterocycles. The summed E-state index contributed by atoms with van der Waals surface area (Å²) in [5.74, 6) is 0. The highest BCUT2D eigenvalue weighted by Gasteiger charge is 2.02. The summed E-state index contributed by atoms with van der Waals surface area (Å²) >= 11 is 0. The lowest BCUT2D eigenvalue weighted by atomic mass is 10.4. The van der Waals surface area contributed by atoms with Crippen molar-refractivity contribution >= 4 is 0 Å². The molecule has 92 valence electrons. The van der Waals surface area contributed by atoms with Crippen molar-refractivity contribution in [3.63, 3.8) is 0 Å². The lowest BCUT2D eigenvalue weighted by molar-refractivity contribution is -0.0310. The first-order valence-corrected chi connectivity index (χ1v) is 5.69. The smallest absolute Gasteiger partial charge is 0.0781 e. The molecule has 0 heterocycles. The van der Waals surface area contributed by atoms with Gasteiger partial charge in [-0.1, -0.05) is 6.92 Å². The van der Waals surface area contributed by atoms with Gasteiger partial charge in [0.25, 0.3) is 0 Å². The van der Waals surface area contributed by atoms with Crippen LogP contribution in [0.3, 0.4) is 0 Å². The molecule has 4 heteroatoms. The van der Waals surface area contributed by atoms with Gasteiger partial charge in [0.1, 0.15) is 0 Å². The quantitative estimate of drug-likeness (QED) is 0.561. The second-order valence-corrected chi connectivity index (χ2v) is 3.81. The zero-order valence-corrected chi connectivity index (χ0v) is 10.2. The van der Waals surface area contributed by atoms with Gasteiger partial charge < -0.3 is 19.9 Å². The molecule has 4 nitrogen and oxygen atoms in total. The minimum Gasteiger partial charge on any atom is -0.379 e. The normalized spacial score (nSPS) is 15.2. The van der Waals surface area contributed by atoms with Crippen LogP contribution in [0.15, 0.2) is 0 Å². The fourth-order valence-corrected chi connectivity index (χ4v) is 1.02. The number of ether oxygens (including phenoxy) is 3. The highest BCUT2D eigenvalue weighted by Crippen LogP contribution is 1.93. The molecule has 0 aliphatic rings. The third-order valence-corrected chi connectivity index (χ3v) is 1.71. The van der Waals surface area contributed by atoms with Crippen LogP contribution in [-0.4, -0.2) is 45.2 Å². The average molecular weight is 219 g/mol. The van der Waals surface area contributed by atoms with Crippen LogP contribution in [0.5, 0.6) is 0 Å². The Bertz CT molecular complexity index is 131. The zero-order chi connectivity index (χ0) is 11.5. The molecule has 0 aromatic rings. The minimum absolute atomic E-state index is 0.0880. The second kappa shape index (κ2) is 10.4. The summed E-state index contributed by atoms with van der Waals surface area (Å²) in [6.45, 7) is 9.26. The molecular formula is C11H25NO3. The summed E-state index contributed by atoms with van der Waals surface area (Å²) < 4.78 is 16.1. The third-order valence-electron chi connectivity index (χ3n) is 1.71. The molecule has 0 amide bonds. The molecule has 0 aromatic carbocycles. The van der Waals surface area contributed by atoms with E-state index in [4.69, 9.17) is 19.9 Å². The predicted molar refractivity (Wildman–Crippen MR) is 61.0 cm³/mol. The van der Waals surface area contributed by atoms with Crippen molar-refractivity contribution in [1.82, 2.24) is 0 Å². The Hall–Kier alpha value is -0.160. The molecule has 2 unspecified atom stereocenters. The number of rotatable bonds is 10. The Labute approximate surface area is 93.1 Å². The molecule has 0 radical (unpaired) electrons. The van der Waals surface area contributed by atoms with Crippen molar-refractivity contribution in [1.29, 1.82) is 0 Å². The van der Waals surface area contributed by atoms with Crippen molar-refractivity contribution in [3.05, 3.63) is 0 Å². The van der Waals surface area contributed by atoms with Crippen LogP contribution >= 0.6 is 0 Å². The summed E-state index contributed by atoms with van der Waals surface area (Å²) in [7, 11) is 0. The summed E-state index contributed by atoms with van der Waals surface area (Å²) in [5, 5.41) is 0. The maximum absolute atomic E-state index is 5.55. The first kappa shape index (κ1) is 14.8. The maximum Gasteiger partial charge on any atom is 0.0781 e. The highest BCUT2D eigenvalue weighted by molar-refractivity contribution is 4.52. The zero-order valence-electron chi connectivity index (χ0n) is 10.2. The van der Waals surface area contributed by atoms with Crippen molar-refractivity contribution in [2.24, 2.45) is 5.73 Å². The predicted octanol–water partition coefficient (Wildman–Crippen LogP) is 1.18. The van der Waals surface area contributed by atoms with Crippen molar-refractivity contribution < 1.29 is 14.2 Å². The fourth-order valence-electron chi connectivity index (χ4n) is 1.02. The van der Waals surface area contributed by atoms with Crippen LogP contribution in [0, 0.1) is 0 Å². The van der Waals surface area contributed by atoms with E-state index >= 15 is 0 Å². The lowest BCUT2D eigenvalue weighted by Gasteiger charge is -2.14. The van der Waals surface area contributed by atoms with Crippen LogP contribution in [0.1, 0.15) is 27.2 Å². The summed E-state index contributed by atoms with van der Waals surface area (Å²) in [6, 6.07) is 0.0880. The first-order chi connectivity index (χ1) is 7.16. The van der Waals surface area contributed by atoms with E-state index in [0.717, 1.165) is 13.0 Å². The molecule has 15 heavy (non-hydrogen) atoms. The number of hydrogen-bond donors (Lipinski definition) is 1. The molecular weight excluding hydrogens is 194 g/mol. The largest absolute Gasteiger partial charge is 0.379 e. The molecule has 0 saturated heterocycles. The molecule has 2 atom stereocenters. The van der Waals surface area contributed by atoms with Crippen molar-refractivity contribution in [2.45, 2.75) is 39.3 Å². The van der Waals surface area contributed by atoms with Crippen LogP contribution in [0.4, 0.5) is 0 Å². The van der Waals surface area contributed by atoms with Crippen LogP contribution < -0.4 is 5.73 Å². The highest BCUT2D eigenvalue weighted by atomic mass is 16.5. The van der Waals surface area contributed by atoms with Gasteiger partial charge in [0.05, 0.1) is 32.5 Å². The Morgan fingerprint density at radius 1 is 1.00 bits per heavy atom. The first-order valence-electron chi connectivity index (χ1n) is 5.69. The van der Waals surface area contributed by atoms with E-state index in [1.165, 1.54) is 0 Å². The van der Waals surface area contributed by atoms with Gasteiger partial charge >= 0.3 is 0 Å². The number of nitrogens with two attached hydrogens (primary N) is 1. The van der Waals surface area contributed by atoms with Crippen LogP contribution in [-0.2, 0) is 14.2 Å². The monoisotopic (exact) mass is 219 g/mol.